The van der Waals surface area contributed by atoms with Crippen LogP contribution >= 0.6 is 11.6 Å². The first-order valence-corrected chi connectivity index (χ1v) is 9.35. The fraction of sp³-hybridized carbons (Fsp3) is 0.286. The van der Waals surface area contributed by atoms with Crippen molar-refractivity contribution >= 4 is 34.2 Å². The zero-order chi connectivity index (χ0) is 19.0. The third kappa shape index (κ3) is 3.60. The van der Waals surface area contributed by atoms with Crippen LogP contribution in [0.1, 0.15) is 53.6 Å². The van der Waals surface area contributed by atoms with Crippen LogP contribution in [-0.2, 0) is 4.74 Å². The maximum absolute atomic E-state index is 12.1. The molecule has 1 N–H and O–H groups in total. The Bertz CT molecular complexity index is 1020. The van der Waals surface area contributed by atoms with Crippen LogP contribution in [-0.4, -0.2) is 23.0 Å². The fourth-order valence-corrected chi connectivity index (χ4v) is 3.30. The van der Waals surface area contributed by atoms with E-state index in [1.807, 2.05) is 19.1 Å². The molecule has 0 aliphatic heterocycles. The number of fused-ring (bicyclic) bond motifs is 1. The molecule has 138 valence electrons. The number of halogens is 1. The van der Waals surface area contributed by atoms with Crippen molar-refractivity contribution in [2.24, 2.45) is 0 Å². The number of methoxy groups -OCH3 is 1. The van der Waals surface area contributed by atoms with Crippen molar-refractivity contribution < 1.29 is 9.53 Å². The third-order valence-electron chi connectivity index (χ3n) is 4.82. The first-order chi connectivity index (χ1) is 13.1. The zero-order valence-corrected chi connectivity index (χ0v) is 16.0. The van der Waals surface area contributed by atoms with Gasteiger partial charge >= 0.3 is 5.97 Å². The number of rotatable bonds is 5. The number of nitrogens with zero attached hydrogens (tertiary/aromatic N) is 2. The van der Waals surface area contributed by atoms with Gasteiger partial charge in [-0.25, -0.2) is 14.8 Å². The zero-order valence-electron chi connectivity index (χ0n) is 15.2. The molecule has 0 radical (unpaired) electrons. The molecule has 3 aromatic rings. The Morgan fingerprint density at radius 1 is 1.19 bits per heavy atom. The quantitative estimate of drug-likeness (QED) is 0.621. The van der Waals surface area contributed by atoms with Crippen molar-refractivity contribution in [1.29, 1.82) is 0 Å². The average molecular weight is 382 g/mol. The molecule has 4 rings (SSSR count). The minimum absolute atomic E-state index is 0.0421. The van der Waals surface area contributed by atoms with Crippen molar-refractivity contribution in [2.75, 3.05) is 12.4 Å². The Balaban J connectivity index is 1.67. The predicted molar refractivity (Wildman–Crippen MR) is 106 cm³/mol. The van der Waals surface area contributed by atoms with Gasteiger partial charge in [0, 0.05) is 5.92 Å². The highest BCUT2D eigenvalue weighted by Crippen LogP contribution is 2.40. The molecule has 0 bridgehead atoms. The Hall–Kier alpha value is -2.66. The lowest BCUT2D eigenvalue weighted by Crippen LogP contribution is -2.14. The highest BCUT2D eigenvalue weighted by molar-refractivity contribution is 6.35. The number of ether oxygens (including phenoxy) is 1. The highest BCUT2D eigenvalue weighted by Gasteiger charge is 2.30. The van der Waals surface area contributed by atoms with E-state index in [1.54, 1.807) is 0 Å². The first-order valence-electron chi connectivity index (χ1n) is 8.98. The lowest BCUT2D eigenvalue weighted by Gasteiger charge is -2.18. The third-order valence-corrected chi connectivity index (χ3v) is 5.17. The summed E-state index contributed by atoms with van der Waals surface area (Å²) in [7, 11) is 1.32. The summed E-state index contributed by atoms with van der Waals surface area (Å²) in [6.07, 6.45) is 2.06. The maximum atomic E-state index is 12.1. The van der Waals surface area contributed by atoms with E-state index < -0.39 is 5.97 Å². The van der Waals surface area contributed by atoms with Crippen LogP contribution in [0, 0.1) is 0 Å². The largest absolute Gasteiger partial charge is 0.464 e. The number of nitrogens with one attached hydrogen (secondary N) is 1. The molecule has 0 spiro atoms. The SMILES string of the molecule is COC(=O)c1nc(C2CC2)nc(N[C@H](C)c2ccc3ccccc3c2)c1Cl. The molecule has 27 heavy (non-hydrogen) atoms. The van der Waals surface area contributed by atoms with Gasteiger partial charge in [-0.05, 0) is 42.2 Å². The Kier molecular flexibility index (Phi) is 4.70. The molecule has 1 fully saturated rings. The number of carbonyl (C=O) groups excluding carboxylic acids is 1. The van der Waals surface area contributed by atoms with Gasteiger partial charge in [0.15, 0.2) is 5.69 Å². The van der Waals surface area contributed by atoms with Gasteiger partial charge < -0.3 is 10.1 Å². The molecule has 1 aromatic heterocycles. The second kappa shape index (κ2) is 7.16. The van der Waals surface area contributed by atoms with Gasteiger partial charge in [-0.1, -0.05) is 48.0 Å². The molecular weight excluding hydrogens is 362 g/mol. The lowest BCUT2D eigenvalue weighted by molar-refractivity contribution is 0.0593. The van der Waals surface area contributed by atoms with Gasteiger partial charge in [0.25, 0.3) is 0 Å². The molecule has 1 aliphatic rings. The molecule has 6 heteroatoms. The van der Waals surface area contributed by atoms with E-state index in [4.69, 9.17) is 16.3 Å². The highest BCUT2D eigenvalue weighted by atomic mass is 35.5. The summed E-state index contributed by atoms with van der Waals surface area (Å²) in [6.45, 7) is 2.04. The Morgan fingerprint density at radius 2 is 1.93 bits per heavy atom. The second-order valence-corrected chi connectivity index (χ2v) is 7.21. The summed E-state index contributed by atoms with van der Waals surface area (Å²) in [5.74, 6) is 0.857. The molecule has 0 unspecified atom stereocenters. The van der Waals surface area contributed by atoms with Crippen molar-refractivity contribution in [2.45, 2.75) is 31.7 Å². The van der Waals surface area contributed by atoms with E-state index in [1.165, 1.54) is 17.9 Å². The number of anilines is 1. The Labute approximate surface area is 162 Å². The van der Waals surface area contributed by atoms with Crippen molar-refractivity contribution in [1.82, 2.24) is 9.97 Å². The van der Waals surface area contributed by atoms with Crippen molar-refractivity contribution in [3.63, 3.8) is 0 Å². The molecule has 5 nitrogen and oxygen atoms in total. The van der Waals surface area contributed by atoms with Gasteiger partial charge in [-0.15, -0.1) is 0 Å². The number of carbonyl (C=O) groups is 1. The van der Waals surface area contributed by atoms with Gasteiger partial charge in [0.05, 0.1) is 13.2 Å². The van der Waals surface area contributed by atoms with Gasteiger partial charge in [0.1, 0.15) is 16.7 Å². The summed E-state index contributed by atoms with van der Waals surface area (Å²) < 4.78 is 4.82. The molecular formula is C21H20ClN3O2. The average Bonchev–Trinajstić information content (AvgIpc) is 3.53. The van der Waals surface area contributed by atoms with Crippen LogP contribution in [0.3, 0.4) is 0 Å². The molecule has 0 amide bonds. The number of hydrogen-bond acceptors (Lipinski definition) is 5. The second-order valence-electron chi connectivity index (χ2n) is 6.83. The molecule has 1 saturated carbocycles. The van der Waals surface area contributed by atoms with Crippen LogP contribution in [0.25, 0.3) is 10.8 Å². The fourth-order valence-electron chi connectivity index (χ4n) is 3.08. The standard InChI is InChI=1S/C21H20ClN3O2/c1-12(15-10-7-13-5-3-4-6-16(13)11-15)23-20-17(22)18(21(26)27-2)24-19(25-20)14-8-9-14/h3-7,10-12,14H,8-9H2,1-2H3,(H,23,24,25)/t12-/m1/s1. The van der Waals surface area contributed by atoms with Crippen LogP contribution in [0.2, 0.25) is 5.02 Å². The first kappa shape index (κ1) is 17.7. The minimum Gasteiger partial charge on any atom is -0.464 e. The van der Waals surface area contributed by atoms with Crippen LogP contribution in [0.5, 0.6) is 0 Å². The summed E-state index contributed by atoms with van der Waals surface area (Å²) in [5, 5.41) is 5.90. The molecule has 2 aromatic carbocycles. The van der Waals surface area contributed by atoms with Crippen molar-refractivity contribution in [3.8, 4) is 0 Å². The molecule has 1 aliphatic carbocycles. The minimum atomic E-state index is -0.550. The van der Waals surface area contributed by atoms with E-state index in [0.29, 0.717) is 17.6 Å². The monoisotopic (exact) mass is 381 g/mol. The summed E-state index contributed by atoms with van der Waals surface area (Å²) >= 11 is 6.42. The molecule has 0 saturated heterocycles. The summed E-state index contributed by atoms with van der Waals surface area (Å²) in [4.78, 5) is 21.0. The Morgan fingerprint density at radius 3 is 2.63 bits per heavy atom. The van der Waals surface area contributed by atoms with Gasteiger partial charge in [0.2, 0.25) is 0 Å². The van der Waals surface area contributed by atoms with Crippen LogP contribution < -0.4 is 5.32 Å². The summed E-state index contributed by atoms with van der Waals surface area (Å²) in [6, 6.07) is 14.5. The van der Waals surface area contributed by atoms with Crippen molar-refractivity contribution in [3.05, 3.63) is 64.6 Å². The van der Waals surface area contributed by atoms with E-state index in [0.717, 1.165) is 18.4 Å². The van der Waals surface area contributed by atoms with E-state index in [2.05, 4.69) is 45.6 Å². The maximum Gasteiger partial charge on any atom is 0.358 e. The number of hydrogen-bond donors (Lipinski definition) is 1. The van der Waals surface area contributed by atoms with E-state index >= 15 is 0 Å². The topological polar surface area (TPSA) is 64.1 Å². The predicted octanol–water partition coefficient (Wildman–Crippen LogP) is 5.12. The van der Waals surface area contributed by atoms with Gasteiger partial charge in [-0.2, -0.15) is 0 Å². The molecule has 1 heterocycles. The summed E-state index contributed by atoms with van der Waals surface area (Å²) in [5.41, 5.74) is 1.22. The van der Waals surface area contributed by atoms with Crippen LogP contribution in [0.4, 0.5) is 5.82 Å². The lowest BCUT2D eigenvalue weighted by atomic mass is 10.0. The van der Waals surface area contributed by atoms with E-state index in [-0.39, 0.29) is 16.8 Å². The van der Waals surface area contributed by atoms with E-state index in [9.17, 15) is 4.79 Å². The normalized spacial score (nSPS) is 14.8. The number of benzene rings is 2. The smallest absolute Gasteiger partial charge is 0.358 e. The number of esters is 1. The number of aromatic nitrogens is 2. The van der Waals surface area contributed by atoms with Gasteiger partial charge in [-0.3, -0.25) is 0 Å². The van der Waals surface area contributed by atoms with Crippen LogP contribution in [0.15, 0.2) is 42.5 Å². The molecule has 1 atom stereocenters.